The van der Waals surface area contributed by atoms with E-state index in [2.05, 4.69) is 0 Å². The number of Topliss-reactive ketones (excluding diaryl/α,β-unsaturated/α-hetero) is 2. The normalized spacial score (nSPS) is 15.7. The van der Waals surface area contributed by atoms with E-state index in [0.29, 0.717) is 35.7 Å². The number of methoxy groups -OCH3 is 1. The molecule has 0 radical (unpaired) electrons. The molecule has 0 atom stereocenters. The van der Waals surface area contributed by atoms with Crippen LogP contribution in [0.2, 0.25) is 0 Å². The highest BCUT2D eigenvalue weighted by Gasteiger charge is 2.30. The minimum absolute atomic E-state index is 0.0839. The number of phenolic OH excluding ortho intramolecular Hbond substituents is 1. The molecule has 0 bridgehead atoms. The average Bonchev–Trinajstić information content (AvgIpc) is 3.11. The molecule has 2 heterocycles. The van der Waals surface area contributed by atoms with E-state index >= 15 is 0 Å². The number of phenols is 1. The predicted molar refractivity (Wildman–Crippen MR) is 92.9 cm³/mol. The molecule has 0 aromatic heterocycles. The van der Waals surface area contributed by atoms with Crippen LogP contribution in [0.15, 0.2) is 24.3 Å². The fraction of sp³-hybridized carbons (Fsp3) is 0.263. The summed E-state index contributed by atoms with van der Waals surface area (Å²) >= 11 is 0. The van der Waals surface area contributed by atoms with E-state index in [0.717, 1.165) is 0 Å². The van der Waals surface area contributed by atoms with Crippen molar-refractivity contribution in [2.24, 2.45) is 0 Å². The van der Waals surface area contributed by atoms with E-state index in [9.17, 15) is 14.7 Å². The van der Waals surface area contributed by atoms with Crippen molar-refractivity contribution in [2.45, 2.75) is 6.42 Å². The van der Waals surface area contributed by atoms with Crippen LogP contribution < -0.4 is 19.1 Å². The van der Waals surface area contributed by atoms with Crippen LogP contribution >= 0.6 is 0 Å². The molecule has 7 heteroatoms. The van der Waals surface area contributed by atoms with E-state index in [4.69, 9.17) is 14.2 Å². The maximum atomic E-state index is 12.9. The number of benzene rings is 2. The number of hydrogen-bond donors (Lipinski definition) is 1. The Hall–Kier alpha value is -3.22. The first kappa shape index (κ1) is 16.3. The van der Waals surface area contributed by atoms with E-state index < -0.39 is 11.6 Å². The Morgan fingerprint density at radius 1 is 1.04 bits per heavy atom. The number of aromatic hydroxyl groups is 1. The standard InChI is InChI=1S/C19H17NO6/c1-20-4-3-10-5-15(24-2)14(21)6-11(10)18(22)19(23)12-7-16-17(8-13(12)20)26-9-25-16/h5-8,21H,3-4,9H2,1-2H3. The number of carbonyl (C=O) groups is 2. The van der Waals surface area contributed by atoms with Crippen LogP contribution in [0.1, 0.15) is 26.3 Å². The highest BCUT2D eigenvalue weighted by Crippen LogP contribution is 2.40. The van der Waals surface area contributed by atoms with Crippen molar-refractivity contribution in [1.29, 1.82) is 0 Å². The molecule has 0 saturated carbocycles. The molecule has 0 spiro atoms. The lowest BCUT2D eigenvalue weighted by Crippen LogP contribution is -2.22. The first-order chi connectivity index (χ1) is 12.5. The van der Waals surface area contributed by atoms with E-state index in [-0.39, 0.29) is 29.4 Å². The van der Waals surface area contributed by atoms with Crippen molar-refractivity contribution < 1.29 is 28.9 Å². The summed E-state index contributed by atoms with van der Waals surface area (Å²) in [6, 6.07) is 6.16. The van der Waals surface area contributed by atoms with Gasteiger partial charge in [0.05, 0.1) is 18.4 Å². The zero-order valence-corrected chi connectivity index (χ0v) is 14.4. The van der Waals surface area contributed by atoms with Gasteiger partial charge in [-0.3, -0.25) is 9.59 Å². The summed E-state index contributed by atoms with van der Waals surface area (Å²) < 4.78 is 15.9. The summed E-state index contributed by atoms with van der Waals surface area (Å²) in [6.45, 7) is 0.648. The molecule has 26 heavy (non-hydrogen) atoms. The van der Waals surface area contributed by atoms with Crippen LogP contribution in [0.4, 0.5) is 5.69 Å². The monoisotopic (exact) mass is 355 g/mol. The average molecular weight is 355 g/mol. The predicted octanol–water partition coefficient (Wildman–Crippen LogP) is 2.19. The van der Waals surface area contributed by atoms with Crippen LogP contribution in [0.25, 0.3) is 0 Å². The lowest BCUT2D eigenvalue weighted by atomic mass is 9.95. The second kappa shape index (κ2) is 5.94. The summed E-state index contributed by atoms with van der Waals surface area (Å²) in [4.78, 5) is 27.7. The topological polar surface area (TPSA) is 85.3 Å². The van der Waals surface area contributed by atoms with Gasteiger partial charge in [-0.25, -0.2) is 0 Å². The molecule has 4 rings (SSSR count). The largest absolute Gasteiger partial charge is 0.504 e. The van der Waals surface area contributed by atoms with Gasteiger partial charge in [0.1, 0.15) is 0 Å². The molecule has 0 saturated heterocycles. The van der Waals surface area contributed by atoms with Crippen molar-refractivity contribution in [2.75, 3.05) is 32.4 Å². The Kier molecular flexibility index (Phi) is 3.72. The molecule has 0 amide bonds. The van der Waals surface area contributed by atoms with Crippen LogP contribution in [0.3, 0.4) is 0 Å². The molecule has 2 aliphatic rings. The molecule has 1 N–H and O–H groups in total. The van der Waals surface area contributed by atoms with Crippen LogP contribution in [-0.4, -0.2) is 44.2 Å². The van der Waals surface area contributed by atoms with E-state index in [1.165, 1.54) is 13.2 Å². The van der Waals surface area contributed by atoms with Crippen molar-refractivity contribution in [1.82, 2.24) is 0 Å². The van der Waals surface area contributed by atoms with E-state index in [1.807, 2.05) is 11.9 Å². The quantitative estimate of drug-likeness (QED) is 0.785. The molecular weight excluding hydrogens is 338 g/mol. The number of likely N-dealkylation sites (N-methyl/N-ethyl adjacent to an activating group) is 1. The first-order valence-corrected chi connectivity index (χ1v) is 8.13. The van der Waals surface area contributed by atoms with Gasteiger partial charge < -0.3 is 24.2 Å². The fourth-order valence-corrected chi connectivity index (χ4v) is 3.27. The summed E-state index contributed by atoms with van der Waals surface area (Å²) in [5.74, 6) is -0.247. The molecule has 134 valence electrons. The minimum atomic E-state index is -0.673. The second-order valence-corrected chi connectivity index (χ2v) is 6.23. The van der Waals surface area contributed by atoms with Crippen molar-refractivity contribution in [3.05, 3.63) is 41.0 Å². The van der Waals surface area contributed by atoms with Crippen LogP contribution in [-0.2, 0) is 6.42 Å². The number of hydrogen-bond acceptors (Lipinski definition) is 7. The number of anilines is 1. The van der Waals surface area contributed by atoms with Gasteiger partial charge in [-0.15, -0.1) is 0 Å². The third-order valence-corrected chi connectivity index (χ3v) is 4.72. The van der Waals surface area contributed by atoms with Gasteiger partial charge in [0.2, 0.25) is 18.4 Å². The minimum Gasteiger partial charge on any atom is -0.504 e. The smallest absolute Gasteiger partial charge is 0.235 e. The van der Waals surface area contributed by atoms with Gasteiger partial charge in [-0.2, -0.15) is 0 Å². The number of rotatable bonds is 1. The van der Waals surface area contributed by atoms with Crippen molar-refractivity contribution in [3.63, 3.8) is 0 Å². The summed E-state index contributed by atoms with van der Waals surface area (Å²) in [6.07, 6.45) is 0.509. The van der Waals surface area contributed by atoms with Crippen LogP contribution in [0.5, 0.6) is 23.0 Å². The third-order valence-electron chi connectivity index (χ3n) is 4.72. The maximum absolute atomic E-state index is 12.9. The Morgan fingerprint density at radius 3 is 2.46 bits per heavy atom. The summed E-state index contributed by atoms with van der Waals surface area (Å²) in [5.41, 5.74) is 1.70. The third kappa shape index (κ3) is 2.44. The highest BCUT2D eigenvalue weighted by molar-refractivity contribution is 6.50. The Morgan fingerprint density at radius 2 is 1.73 bits per heavy atom. The van der Waals surface area contributed by atoms with Gasteiger partial charge in [-0.05, 0) is 30.2 Å². The number of fused-ring (bicyclic) bond motifs is 3. The Labute approximate surface area is 149 Å². The second-order valence-electron chi connectivity index (χ2n) is 6.23. The Balaban J connectivity index is 1.88. The zero-order valence-electron chi connectivity index (χ0n) is 14.4. The molecule has 2 aliphatic heterocycles. The van der Waals surface area contributed by atoms with Gasteiger partial charge in [-0.1, -0.05) is 0 Å². The molecule has 2 aromatic rings. The van der Waals surface area contributed by atoms with Gasteiger partial charge >= 0.3 is 0 Å². The summed E-state index contributed by atoms with van der Waals surface area (Å²) in [7, 11) is 3.29. The van der Waals surface area contributed by atoms with Crippen molar-refractivity contribution >= 4 is 17.3 Å². The van der Waals surface area contributed by atoms with Gasteiger partial charge in [0, 0.05) is 25.2 Å². The summed E-state index contributed by atoms with van der Waals surface area (Å²) in [5, 5.41) is 10.0. The molecule has 0 unspecified atom stereocenters. The number of ether oxygens (including phenoxy) is 3. The number of ketones is 2. The van der Waals surface area contributed by atoms with Crippen LogP contribution in [0, 0.1) is 0 Å². The van der Waals surface area contributed by atoms with Gasteiger partial charge in [0.15, 0.2) is 23.0 Å². The van der Waals surface area contributed by atoms with E-state index in [1.54, 1.807) is 18.2 Å². The SMILES string of the molecule is COc1cc2c(cc1O)C(=O)C(=O)c1cc3c(cc1N(C)CC2)OCO3. The molecule has 2 aromatic carbocycles. The highest BCUT2D eigenvalue weighted by atomic mass is 16.7. The van der Waals surface area contributed by atoms with Gasteiger partial charge in [0.25, 0.3) is 0 Å². The zero-order chi connectivity index (χ0) is 18.4. The molecule has 0 fully saturated rings. The number of nitrogens with zero attached hydrogens (tertiary/aromatic N) is 1. The first-order valence-electron chi connectivity index (χ1n) is 8.13. The van der Waals surface area contributed by atoms with Crippen molar-refractivity contribution in [3.8, 4) is 23.0 Å². The maximum Gasteiger partial charge on any atom is 0.235 e. The lowest BCUT2D eigenvalue weighted by molar-refractivity contribution is 0.0816. The molecule has 7 nitrogen and oxygen atoms in total. The fourth-order valence-electron chi connectivity index (χ4n) is 3.27. The number of carbonyl (C=O) groups excluding carboxylic acids is 2. The molecule has 0 aliphatic carbocycles. The lowest BCUT2D eigenvalue weighted by Gasteiger charge is -2.21. The molecular formula is C19H17NO6. The Bertz CT molecular complexity index is 936.